The largest absolute Gasteiger partial charge is 0.212 e. The maximum atomic E-state index is 2.43. The summed E-state index contributed by atoms with van der Waals surface area (Å²) in [5.74, 6) is 0. The molecule has 4 aromatic rings. The van der Waals surface area contributed by atoms with E-state index < -0.39 is 0 Å². The van der Waals surface area contributed by atoms with E-state index in [1.165, 1.54) is 49.8 Å². The number of benzene rings is 3. The quantitative estimate of drug-likeness (QED) is 0.311. The fourth-order valence-electron chi connectivity index (χ4n) is 5.62. The Morgan fingerprint density at radius 2 is 1.23 bits per heavy atom. The molecule has 5 rings (SSSR count). The summed E-state index contributed by atoms with van der Waals surface area (Å²) in [6.07, 6.45) is 2.13. The normalized spacial score (nSPS) is 16.2. The molecular formula is C29H30N+. The second-order valence-corrected chi connectivity index (χ2v) is 9.82. The molecular weight excluding hydrogens is 362 g/mol. The lowest BCUT2D eigenvalue weighted by Gasteiger charge is -2.49. The van der Waals surface area contributed by atoms with Crippen LogP contribution in [0.25, 0.3) is 33.2 Å². The second kappa shape index (κ2) is 6.28. The first-order valence-corrected chi connectivity index (χ1v) is 10.9. The monoisotopic (exact) mass is 392 g/mol. The molecule has 0 aliphatic heterocycles. The van der Waals surface area contributed by atoms with Gasteiger partial charge in [-0.05, 0) is 63.1 Å². The first-order chi connectivity index (χ1) is 14.2. The summed E-state index contributed by atoms with van der Waals surface area (Å²) in [5, 5.41) is 2.71. The zero-order valence-electron chi connectivity index (χ0n) is 18.9. The lowest BCUT2D eigenvalue weighted by Crippen LogP contribution is -2.44. The van der Waals surface area contributed by atoms with Crippen LogP contribution in [-0.4, -0.2) is 0 Å². The van der Waals surface area contributed by atoms with Crippen LogP contribution in [0.1, 0.15) is 44.4 Å². The third-order valence-corrected chi connectivity index (χ3v) is 7.83. The molecule has 1 aliphatic rings. The number of rotatable bonds is 1. The van der Waals surface area contributed by atoms with Crippen molar-refractivity contribution in [3.63, 3.8) is 0 Å². The lowest BCUT2D eigenvalue weighted by atomic mass is 9.54. The zero-order chi connectivity index (χ0) is 21.3. The summed E-state index contributed by atoms with van der Waals surface area (Å²) in [7, 11) is 2.13. The number of aromatic nitrogens is 1. The molecule has 0 radical (unpaired) electrons. The summed E-state index contributed by atoms with van der Waals surface area (Å²) in [6, 6.07) is 24.6. The van der Waals surface area contributed by atoms with Gasteiger partial charge in [0.25, 0.3) is 0 Å². The highest BCUT2D eigenvalue weighted by atomic mass is 14.9. The van der Waals surface area contributed by atoms with E-state index in [1.54, 1.807) is 0 Å². The van der Waals surface area contributed by atoms with E-state index in [1.807, 2.05) is 0 Å². The van der Waals surface area contributed by atoms with Crippen molar-refractivity contribution in [2.75, 3.05) is 0 Å². The van der Waals surface area contributed by atoms with Gasteiger partial charge in [-0.15, -0.1) is 0 Å². The van der Waals surface area contributed by atoms with Crippen molar-refractivity contribution in [2.24, 2.45) is 7.05 Å². The van der Waals surface area contributed by atoms with Crippen LogP contribution in [-0.2, 0) is 17.9 Å². The molecule has 1 aromatic heterocycles. The molecule has 0 bridgehead atoms. The Labute approximate surface area is 180 Å². The van der Waals surface area contributed by atoms with Gasteiger partial charge in [-0.1, -0.05) is 70.2 Å². The third kappa shape index (κ3) is 2.38. The van der Waals surface area contributed by atoms with Gasteiger partial charge in [-0.2, -0.15) is 0 Å². The van der Waals surface area contributed by atoms with Crippen molar-refractivity contribution < 1.29 is 4.57 Å². The number of fused-ring (bicyclic) bond motifs is 5. The molecule has 0 saturated heterocycles. The highest BCUT2D eigenvalue weighted by molar-refractivity contribution is 5.96. The third-order valence-electron chi connectivity index (χ3n) is 7.83. The smallest absolute Gasteiger partial charge is 0.201 e. The highest BCUT2D eigenvalue weighted by Gasteiger charge is 2.47. The van der Waals surface area contributed by atoms with E-state index in [2.05, 4.69) is 119 Å². The van der Waals surface area contributed by atoms with E-state index in [-0.39, 0.29) is 10.8 Å². The van der Waals surface area contributed by atoms with Crippen molar-refractivity contribution in [3.8, 4) is 22.4 Å². The Balaban J connectivity index is 1.89. The van der Waals surface area contributed by atoms with Crippen molar-refractivity contribution in [1.82, 2.24) is 0 Å². The van der Waals surface area contributed by atoms with Gasteiger partial charge in [0.2, 0.25) is 5.69 Å². The predicted octanol–water partition coefficient (Wildman–Crippen LogP) is 6.88. The number of aryl methyl sites for hydroxylation is 1. The van der Waals surface area contributed by atoms with Gasteiger partial charge in [-0.3, -0.25) is 0 Å². The van der Waals surface area contributed by atoms with E-state index in [0.29, 0.717) is 0 Å². The zero-order valence-corrected chi connectivity index (χ0v) is 18.9. The Bertz CT molecular complexity index is 1310. The standard InChI is InChI=1S/C29H30N/c1-19-21(25-13-9-10-18-30(25)6)16-17-23-24-15-14-20-11-7-8-12-22(20)27(24)29(4,5)28(2,3)26(19)23/h7-18H,1-6H3/q+1. The van der Waals surface area contributed by atoms with Gasteiger partial charge in [0.1, 0.15) is 7.05 Å². The van der Waals surface area contributed by atoms with Crippen molar-refractivity contribution in [1.29, 1.82) is 0 Å². The maximum absolute atomic E-state index is 2.43. The molecule has 150 valence electrons. The molecule has 0 spiro atoms. The average molecular weight is 393 g/mol. The predicted molar refractivity (Wildman–Crippen MR) is 127 cm³/mol. The Morgan fingerprint density at radius 3 is 2.00 bits per heavy atom. The molecule has 1 aliphatic carbocycles. The van der Waals surface area contributed by atoms with E-state index in [4.69, 9.17) is 0 Å². The summed E-state index contributed by atoms with van der Waals surface area (Å²) in [4.78, 5) is 0. The Morgan fingerprint density at radius 1 is 0.633 bits per heavy atom. The summed E-state index contributed by atoms with van der Waals surface area (Å²) in [5.41, 5.74) is 9.71. The summed E-state index contributed by atoms with van der Waals surface area (Å²) in [6.45, 7) is 12.0. The van der Waals surface area contributed by atoms with Gasteiger partial charge < -0.3 is 0 Å². The number of hydrogen-bond donors (Lipinski definition) is 0. The summed E-state index contributed by atoms with van der Waals surface area (Å²) < 4.78 is 2.22. The van der Waals surface area contributed by atoms with Crippen molar-refractivity contribution in [3.05, 3.63) is 89.6 Å². The van der Waals surface area contributed by atoms with Crippen molar-refractivity contribution in [2.45, 2.75) is 45.4 Å². The Kier molecular flexibility index (Phi) is 3.99. The van der Waals surface area contributed by atoms with Crippen molar-refractivity contribution >= 4 is 10.8 Å². The second-order valence-electron chi connectivity index (χ2n) is 9.82. The van der Waals surface area contributed by atoms with Crippen LogP contribution >= 0.6 is 0 Å². The molecule has 30 heavy (non-hydrogen) atoms. The molecule has 0 N–H and O–H groups in total. The molecule has 1 nitrogen and oxygen atoms in total. The SMILES string of the molecule is Cc1c(-c2cccc[n+]2C)ccc2c1C(C)(C)C(C)(C)c1c-2ccc2ccccc12. The van der Waals surface area contributed by atoms with E-state index in [0.717, 1.165) is 0 Å². The molecule has 1 heterocycles. The van der Waals surface area contributed by atoms with E-state index >= 15 is 0 Å². The van der Waals surface area contributed by atoms with Gasteiger partial charge in [-0.25, -0.2) is 4.57 Å². The fraction of sp³-hybridized carbons (Fsp3) is 0.276. The Hall–Kier alpha value is -2.93. The topological polar surface area (TPSA) is 3.88 Å². The minimum atomic E-state index is -0.00704. The first-order valence-electron chi connectivity index (χ1n) is 10.9. The highest BCUT2D eigenvalue weighted by Crippen LogP contribution is 2.57. The molecule has 0 unspecified atom stereocenters. The lowest BCUT2D eigenvalue weighted by molar-refractivity contribution is -0.660. The van der Waals surface area contributed by atoms with Gasteiger partial charge in [0.05, 0.1) is 0 Å². The molecule has 3 aromatic carbocycles. The minimum absolute atomic E-state index is 0.00153. The van der Waals surface area contributed by atoms with Crippen LogP contribution in [0.2, 0.25) is 0 Å². The van der Waals surface area contributed by atoms with Crippen LogP contribution in [0, 0.1) is 6.92 Å². The van der Waals surface area contributed by atoms with Gasteiger partial charge in [0, 0.05) is 23.1 Å². The minimum Gasteiger partial charge on any atom is -0.201 e. The van der Waals surface area contributed by atoms with Crippen LogP contribution in [0.3, 0.4) is 0 Å². The average Bonchev–Trinajstić information content (AvgIpc) is 2.72. The molecule has 0 fully saturated rings. The molecule has 0 atom stereocenters. The maximum Gasteiger partial charge on any atom is 0.212 e. The number of nitrogens with zero attached hydrogens (tertiary/aromatic N) is 1. The van der Waals surface area contributed by atoms with Crippen LogP contribution < -0.4 is 4.57 Å². The molecule has 0 saturated carbocycles. The van der Waals surface area contributed by atoms with Crippen LogP contribution in [0.15, 0.2) is 72.9 Å². The van der Waals surface area contributed by atoms with Crippen LogP contribution in [0.4, 0.5) is 0 Å². The van der Waals surface area contributed by atoms with Crippen LogP contribution in [0.5, 0.6) is 0 Å². The molecule has 0 amide bonds. The van der Waals surface area contributed by atoms with Gasteiger partial charge >= 0.3 is 0 Å². The summed E-state index contributed by atoms with van der Waals surface area (Å²) >= 11 is 0. The molecule has 1 heteroatoms. The van der Waals surface area contributed by atoms with E-state index in [9.17, 15) is 0 Å². The number of pyridine rings is 1. The first kappa shape index (κ1) is 19.1. The number of hydrogen-bond acceptors (Lipinski definition) is 0. The van der Waals surface area contributed by atoms with Gasteiger partial charge in [0.15, 0.2) is 6.20 Å². The fourth-order valence-corrected chi connectivity index (χ4v) is 5.62.